The molecule has 5 heteroatoms. The summed E-state index contributed by atoms with van der Waals surface area (Å²) in [4.78, 5) is 23.5. The van der Waals surface area contributed by atoms with Gasteiger partial charge < -0.3 is 15.7 Å². The third-order valence-electron chi connectivity index (χ3n) is 5.14. The van der Waals surface area contributed by atoms with Gasteiger partial charge in [-0.2, -0.15) is 0 Å². The van der Waals surface area contributed by atoms with Crippen LogP contribution in [0.4, 0.5) is 4.79 Å². The van der Waals surface area contributed by atoms with E-state index in [0.717, 1.165) is 32.1 Å². The van der Waals surface area contributed by atoms with Gasteiger partial charge in [0.2, 0.25) is 0 Å². The van der Waals surface area contributed by atoms with Crippen LogP contribution in [-0.2, 0) is 4.79 Å². The van der Waals surface area contributed by atoms with Gasteiger partial charge in [0.05, 0.1) is 5.41 Å². The van der Waals surface area contributed by atoms with Crippen LogP contribution in [0.5, 0.6) is 0 Å². The maximum atomic E-state index is 12.0. The molecule has 0 aromatic rings. The molecule has 0 spiro atoms. The maximum absolute atomic E-state index is 12.0. The van der Waals surface area contributed by atoms with Crippen molar-refractivity contribution < 1.29 is 14.7 Å². The van der Waals surface area contributed by atoms with E-state index in [2.05, 4.69) is 24.5 Å². The number of nitrogens with one attached hydrogen (secondary N) is 2. The van der Waals surface area contributed by atoms with E-state index in [1.165, 1.54) is 6.42 Å². The van der Waals surface area contributed by atoms with Gasteiger partial charge >= 0.3 is 12.0 Å². The second-order valence-electron chi connectivity index (χ2n) is 7.58. The summed E-state index contributed by atoms with van der Waals surface area (Å²) in [5.41, 5.74) is -0.465. The Morgan fingerprint density at radius 1 is 1.14 bits per heavy atom. The van der Waals surface area contributed by atoms with Gasteiger partial charge in [-0.25, -0.2) is 4.79 Å². The quantitative estimate of drug-likeness (QED) is 0.746. The van der Waals surface area contributed by atoms with Gasteiger partial charge in [0.1, 0.15) is 0 Å². The molecule has 21 heavy (non-hydrogen) atoms. The highest BCUT2D eigenvalue weighted by Gasteiger charge is 2.41. The number of amides is 2. The molecule has 2 aliphatic carbocycles. The van der Waals surface area contributed by atoms with E-state index in [1.807, 2.05) is 0 Å². The molecule has 0 aromatic carbocycles. The molecule has 0 bridgehead atoms. The molecule has 2 amide bonds. The summed E-state index contributed by atoms with van der Waals surface area (Å²) < 4.78 is 0. The molecule has 0 heterocycles. The van der Waals surface area contributed by atoms with E-state index in [0.29, 0.717) is 12.8 Å². The third-order valence-corrected chi connectivity index (χ3v) is 5.14. The number of urea groups is 1. The first-order valence-electron chi connectivity index (χ1n) is 8.11. The fourth-order valence-corrected chi connectivity index (χ4v) is 3.83. The van der Waals surface area contributed by atoms with E-state index >= 15 is 0 Å². The van der Waals surface area contributed by atoms with Crippen LogP contribution >= 0.6 is 0 Å². The van der Waals surface area contributed by atoms with E-state index in [1.54, 1.807) is 0 Å². The molecule has 2 saturated carbocycles. The lowest BCUT2D eigenvalue weighted by atomic mass is 9.75. The van der Waals surface area contributed by atoms with Gasteiger partial charge in [-0.1, -0.05) is 33.1 Å². The molecule has 0 aromatic heterocycles. The van der Waals surface area contributed by atoms with Gasteiger partial charge in [0.15, 0.2) is 0 Å². The number of carbonyl (C=O) groups is 2. The van der Waals surface area contributed by atoms with E-state index in [-0.39, 0.29) is 24.0 Å². The minimum absolute atomic E-state index is 0.207. The highest BCUT2D eigenvalue weighted by atomic mass is 16.4. The molecule has 0 saturated heterocycles. The van der Waals surface area contributed by atoms with Crippen molar-refractivity contribution in [3.8, 4) is 0 Å². The zero-order valence-electron chi connectivity index (χ0n) is 13.2. The summed E-state index contributed by atoms with van der Waals surface area (Å²) in [6, 6.07) is -0.0108. The number of hydrogen-bond acceptors (Lipinski definition) is 2. The monoisotopic (exact) mass is 296 g/mol. The van der Waals surface area contributed by atoms with Crippen LogP contribution in [-0.4, -0.2) is 29.7 Å². The first-order chi connectivity index (χ1) is 9.83. The lowest BCUT2D eigenvalue weighted by Crippen LogP contribution is -2.49. The van der Waals surface area contributed by atoms with Crippen LogP contribution in [0.3, 0.4) is 0 Å². The molecular weight excluding hydrogens is 268 g/mol. The molecule has 0 radical (unpaired) electrons. The van der Waals surface area contributed by atoms with Crippen molar-refractivity contribution in [2.24, 2.45) is 10.8 Å². The average Bonchev–Trinajstić information content (AvgIpc) is 2.85. The Hall–Kier alpha value is -1.26. The third kappa shape index (κ3) is 4.11. The van der Waals surface area contributed by atoms with Crippen molar-refractivity contribution in [2.75, 3.05) is 6.54 Å². The first kappa shape index (κ1) is 16.1. The Kier molecular flexibility index (Phi) is 4.79. The van der Waals surface area contributed by atoms with Crippen molar-refractivity contribution >= 4 is 12.0 Å². The number of carbonyl (C=O) groups excluding carboxylic acids is 1. The van der Waals surface area contributed by atoms with Gasteiger partial charge in [0.25, 0.3) is 0 Å². The molecule has 2 aliphatic rings. The van der Waals surface area contributed by atoms with Crippen molar-refractivity contribution in [1.29, 1.82) is 0 Å². The Labute approximate surface area is 126 Å². The number of carboxylic acids is 1. The molecule has 1 unspecified atom stereocenters. The summed E-state index contributed by atoms with van der Waals surface area (Å²) in [5.74, 6) is -0.779. The summed E-state index contributed by atoms with van der Waals surface area (Å²) in [6.45, 7) is 4.71. The number of carboxylic acid groups (broad SMARTS) is 1. The second-order valence-corrected chi connectivity index (χ2v) is 7.58. The van der Waals surface area contributed by atoms with Crippen LogP contribution in [0.25, 0.3) is 0 Å². The smallest absolute Gasteiger partial charge is 0.315 e. The van der Waals surface area contributed by atoms with Gasteiger partial charge in [0, 0.05) is 12.6 Å². The molecular formula is C16H28N2O3. The zero-order chi connectivity index (χ0) is 15.5. The topological polar surface area (TPSA) is 78.4 Å². The standard InChI is InChI=1S/C16H28N2O3/c1-15(2)7-5-6-12(10-15)18-14(21)17-11-16(13(19)20)8-3-4-9-16/h12H,3-11H2,1-2H3,(H,19,20)(H2,17,18,21). The summed E-state index contributed by atoms with van der Waals surface area (Å²) in [5, 5.41) is 15.2. The molecule has 2 rings (SSSR count). The lowest BCUT2D eigenvalue weighted by Gasteiger charge is -2.35. The van der Waals surface area contributed by atoms with Crippen molar-refractivity contribution in [3.63, 3.8) is 0 Å². The number of aliphatic carboxylic acids is 1. The number of rotatable bonds is 4. The van der Waals surface area contributed by atoms with Crippen molar-refractivity contribution in [2.45, 2.75) is 71.3 Å². The highest BCUT2D eigenvalue weighted by Crippen LogP contribution is 2.38. The van der Waals surface area contributed by atoms with Gasteiger partial charge in [-0.05, 0) is 37.5 Å². The predicted molar refractivity (Wildman–Crippen MR) is 81.1 cm³/mol. The van der Waals surface area contributed by atoms with Gasteiger partial charge in [-0.3, -0.25) is 4.79 Å². The Morgan fingerprint density at radius 3 is 2.38 bits per heavy atom. The minimum Gasteiger partial charge on any atom is -0.481 e. The van der Waals surface area contributed by atoms with Crippen molar-refractivity contribution in [1.82, 2.24) is 10.6 Å². The Balaban J connectivity index is 1.80. The van der Waals surface area contributed by atoms with Crippen LogP contribution in [0.15, 0.2) is 0 Å². The molecule has 5 nitrogen and oxygen atoms in total. The molecule has 2 fully saturated rings. The molecule has 1 atom stereocenters. The summed E-state index contributed by atoms with van der Waals surface area (Å²) >= 11 is 0. The maximum Gasteiger partial charge on any atom is 0.315 e. The van der Waals surface area contributed by atoms with Gasteiger partial charge in [-0.15, -0.1) is 0 Å². The van der Waals surface area contributed by atoms with E-state index in [9.17, 15) is 14.7 Å². The molecule has 0 aliphatic heterocycles. The van der Waals surface area contributed by atoms with E-state index in [4.69, 9.17) is 0 Å². The SMILES string of the molecule is CC1(C)CCCC(NC(=O)NCC2(C(=O)O)CCCC2)C1. The minimum atomic E-state index is -0.779. The lowest BCUT2D eigenvalue weighted by molar-refractivity contribution is -0.148. The van der Waals surface area contributed by atoms with Crippen LogP contribution in [0.2, 0.25) is 0 Å². The van der Waals surface area contributed by atoms with Crippen LogP contribution < -0.4 is 10.6 Å². The molecule has 3 N–H and O–H groups in total. The highest BCUT2D eigenvalue weighted by molar-refractivity contribution is 5.78. The fourth-order valence-electron chi connectivity index (χ4n) is 3.83. The molecule has 120 valence electrons. The Morgan fingerprint density at radius 2 is 1.81 bits per heavy atom. The number of hydrogen-bond donors (Lipinski definition) is 3. The fraction of sp³-hybridized carbons (Fsp3) is 0.875. The first-order valence-corrected chi connectivity index (χ1v) is 8.11. The largest absolute Gasteiger partial charge is 0.481 e. The normalized spacial score (nSPS) is 27.0. The van der Waals surface area contributed by atoms with Crippen molar-refractivity contribution in [3.05, 3.63) is 0 Å². The Bertz CT molecular complexity index is 400. The zero-order valence-corrected chi connectivity index (χ0v) is 13.2. The van der Waals surface area contributed by atoms with Crippen LogP contribution in [0.1, 0.15) is 65.2 Å². The second kappa shape index (κ2) is 6.24. The van der Waals surface area contributed by atoms with E-state index < -0.39 is 11.4 Å². The predicted octanol–water partition coefficient (Wildman–Crippen LogP) is 2.90. The summed E-state index contributed by atoms with van der Waals surface area (Å²) in [6.07, 6.45) is 7.55. The average molecular weight is 296 g/mol. The summed E-state index contributed by atoms with van der Waals surface area (Å²) in [7, 11) is 0. The van der Waals surface area contributed by atoms with Crippen LogP contribution in [0, 0.1) is 10.8 Å².